The first-order chi connectivity index (χ1) is 8.50. The fourth-order valence-electron chi connectivity index (χ4n) is 2.35. The number of amides is 1. The van der Waals surface area contributed by atoms with E-state index < -0.39 is 0 Å². The maximum atomic E-state index is 12.1. The number of hydrogen-bond acceptors (Lipinski definition) is 3. The van der Waals surface area contributed by atoms with Crippen molar-refractivity contribution in [3.8, 4) is 0 Å². The van der Waals surface area contributed by atoms with Crippen LogP contribution in [-0.4, -0.2) is 47.7 Å². The van der Waals surface area contributed by atoms with E-state index in [0.29, 0.717) is 12.5 Å². The Bertz CT molecular complexity index is 250. The lowest BCUT2D eigenvalue weighted by molar-refractivity contribution is -0.126. The maximum absolute atomic E-state index is 12.1. The molecule has 0 heterocycles. The van der Waals surface area contributed by atoms with Gasteiger partial charge in [0.15, 0.2) is 0 Å². The number of carbonyl (C=O) groups excluding carboxylic acids is 1. The van der Waals surface area contributed by atoms with Crippen molar-refractivity contribution in [1.29, 1.82) is 0 Å². The number of rotatable bonds is 6. The van der Waals surface area contributed by atoms with Crippen LogP contribution in [0.3, 0.4) is 0 Å². The second-order valence-corrected chi connectivity index (χ2v) is 5.64. The number of nitrogens with one attached hydrogen (secondary N) is 1. The highest BCUT2D eigenvalue weighted by Crippen LogP contribution is 2.17. The lowest BCUT2D eigenvalue weighted by Gasteiger charge is -2.28. The molecule has 1 aliphatic carbocycles. The van der Waals surface area contributed by atoms with Gasteiger partial charge in [0.05, 0.1) is 12.1 Å². The van der Waals surface area contributed by atoms with Gasteiger partial charge in [0.25, 0.3) is 0 Å². The van der Waals surface area contributed by atoms with Crippen molar-refractivity contribution < 1.29 is 9.90 Å². The SMILES string of the molecule is CC(O)CCN(C)C(C)C(=O)NC1CCCCC1. The minimum Gasteiger partial charge on any atom is -0.393 e. The summed E-state index contributed by atoms with van der Waals surface area (Å²) < 4.78 is 0. The van der Waals surface area contributed by atoms with Crippen LogP contribution in [0.5, 0.6) is 0 Å². The van der Waals surface area contributed by atoms with E-state index in [1.54, 1.807) is 6.92 Å². The van der Waals surface area contributed by atoms with E-state index in [-0.39, 0.29) is 18.1 Å². The average molecular weight is 256 g/mol. The van der Waals surface area contributed by atoms with Gasteiger partial charge in [0.2, 0.25) is 5.91 Å². The molecule has 0 bridgehead atoms. The van der Waals surface area contributed by atoms with Crippen LogP contribution in [0.4, 0.5) is 0 Å². The van der Waals surface area contributed by atoms with Crippen LogP contribution >= 0.6 is 0 Å². The molecule has 1 saturated carbocycles. The van der Waals surface area contributed by atoms with Crippen LogP contribution in [0.15, 0.2) is 0 Å². The first kappa shape index (κ1) is 15.4. The Morgan fingerprint density at radius 2 is 1.94 bits per heavy atom. The Morgan fingerprint density at radius 1 is 1.33 bits per heavy atom. The van der Waals surface area contributed by atoms with Crippen molar-refractivity contribution in [3.05, 3.63) is 0 Å². The van der Waals surface area contributed by atoms with Crippen molar-refractivity contribution in [3.63, 3.8) is 0 Å². The van der Waals surface area contributed by atoms with Crippen LogP contribution in [0.25, 0.3) is 0 Å². The standard InChI is InChI=1S/C14H28N2O2/c1-11(17)9-10-16(3)12(2)14(18)15-13-7-5-4-6-8-13/h11-13,17H,4-10H2,1-3H3,(H,15,18). The summed E-state index contributed by atoms with van der Waals surface area (Å²) in [6, 6.07) is 0.254. The molecule has 18 heavy (non-hydrogen) atoms. The molecule has 2 unspecified atom stereocenters. The monoisotopic (exact) mass is 256 g/mol. The molecule has 0 aromatic rings. The predicted molar refractivity (Wildman–Crippen MR) is 73.4 cm³/mol. The summed E-state index contributed by atoms with van der Waals surface area (Å²) in [4.78, 5) is 14.1. The average Bonchev–Trinajstić information content (AvgIpc) is 2.36. The van der Waals surface area contributed by atoms with E-state index in [1.165, 1.54) is 19.3 Å². The van der Waals surface area contributed by atoms with Gasteiger partial charge in [-0.15, -0.1) is 0 Å². The summed E-state index contributed by atoms with van der Waals surface area (Å²) in [5.74, 6) is 0.120. The van der Waals surface area contributed by atoms with E-state index in [0.717, 1.165) is 19.4 Å². The zero-order valence-corrected chi connectivity index (χ0v) is 12.0. The molecular weight excluding hydrogens is 228 g/mol. The number of carbonyl (C=O) groups is 1. The first-order valence-corrected chi connectivity index (χ1v) is 7.19. The molecule has 0 aromatic heterocycles. The van der Waals surface area contributed by atoms with Crippen molar-refractivity contribution >= 4 is 5.91 Å². The van der Waals surface area contributed by atoms with Crippen LogP contribution in [0, 0.1) is 0 Å². The molecule has 1 amide bonds. The summed E-state index contributed by atoms with van der Waals surface area (Å²) in [6.45, 7) is 4.46. The molecule has 0 aromatic carbocycles. The number of aliphatic hydroxyl groups is 1. The molecule has 0 radical (unpaired) electrons. The Kier molecular flexibility index (Phi) is 6.65. The quantitative estimate of drug-likeness (QED) is 0.758. The van der Waals surface area contributed by atoms with Gasteiger partial charge in [0.1, 0.15) is 0 Å². The molecule has 4 nitrogen and oxygen atoms in total. The summed E-state index contributed by atoms with van der Waals surface area (Å²) in [5, 5.41) is 12.4. The van der Waals surface area contributed by atoms with E-state index in [1.807, 2.05) is 18.9 Å². The molecule has 1 fully saturated rings. The number of nitrogens with zero attached hydrogens (tertiary/aromatic N) is 1. The molecule has 2 atom stereocenters. The first-order valence-electron chi connectivity index (χ1n) is 7.19. The Balaban J connectivity index is 2.30. The fourth-order valence-corrected chi connectivity index (χ4v) is 2.35. The topological polar surface area (TPSA) is 52.6 Å². The normalized spacial score (nSPS) is 20.7. The van der Waals surface area contributed by atoms with Gasteiger partial charge < -0.3 is 10.4 Å². The molecule has 1 aliphatic rings. The van der Waals surface area contributed by atoms with Crippen molar-refractivity contribution in [2.24, 2.45) is 0 Å². The lowest BCUT2D eigenvalue weighted by atomic mass is 9.95. The molecule has 0 saturated heterocycles. The highest BCUT2D eigenvalue weighted by atomic mass is 16.3. The van der Waals surface area contributed by atoms with Gasteiger partial charge in [-0.05, 0) is 40.2 Å². The van der Waals surface area contributed by atoms with Gasteiger partial charge in [-0.1, -0.05) is 19.3 Å². The maximum Gasteiger partial charge on any atom is 0.237 e. The fraction of sp³-hybridized carbons (Fsp3) is 0.929. The highest BCUT2D eigenvalue weighted by Gasteiger charge is 2.22. The van der Waals surface area contributed by atoms with E-state index >= 15 is 0 Å². The van der Waals surface area contributed by atoms with Crippen LogP contribution in [0.1, 0.15) is 52.4 Å². The molecule has 0 aliphatic heterocycles. The second-order valence-electron chi connectivity index (χ2n) is 5.64. The predicted octanol–water partition coefficient (Wildman–Crippen LogP) is 1.53. The van der Waals surface area contributed by atoms with Gasteiger partial charge in [0, 0.05) is 12.6 Å². The summed E-state index contributed by atoms with van der Waals surface area (Å²) in [6.07, 6.45) is 6.41. The van der Waals surface area contributed by atoms with Crippen molar-refractivity contribution in [2.45, 2.75) is 70.6 Å². The van der Waals surface area contributed by atoms with Gasteiger partial charge in [-0.25, -0.2) is 0 Å². The van der Waals surface area contributed by atoms with Gasteiger partial charge in [-0.3, -0.25) is 9.69 Å². The molecule has 106 valence electrons. The van der Waals surface area contributed by atoms with E-state index in [9.17, 15) is 9.90 Å². The van der Waals surface area contributed by atoms with Crippen molar-refractivity contribution in [2.75, 3.05) is 13.6 Å². The Morgan fingerprint density at radius 3 is 2.50 bits per heavy atom. The van der Waals surface area contributed by atoms with Crippen LogP contribution in [-0.2, 0) is 4.79 Å². The number of hydrogen-bond donors (Lipinski definition) is 2. The van der Waals surface area contributed by atoms with Crippen LogP contribution in [0.2, 0.25) is 0 Å². The largest absolute Gasteiger partial charge is 0.393 e. The van der Waals surface area contributed by atoms with Gasteiger partial charge in [-0.2, -0.15) is 0 Å². The number of aliphatic hydroxyl groups excluding tert-OH is 1. The lowest BCUT2D eigenvalue weighted by Crippen LogP contribution is -2.47. The molecule has 1 rings (SSSR count). The Hall–Kier alpha value is -0.610. The Labute approximate surface area is 111 Å². The molecular formula is C14H28N2O2. The molecule has 4 heteroatoms. The summed E-state index contributed by atoms with van der Waals surface area (Å²) in [7, 11) is 1.94. The second kappa shape index (κ2) is 7.74. The third-order valence-electron chi connectivity index (χ3n) is 3.89. The number of likely N-dealkylation sites (N-methyl/N-ethyl adjacent to an activating group) is 1. The van der Waals surface area contributed by atoms with E-state index in [2.05, 4.69) is 5.32 Å². The minimum atomic E-state index is -0.305. The smallest absolute Gasteiger partial charge is 0.237 e. The highest BCUT2D eigenvalue weighted by molar-refractivity contribution is 5.81. The third kappa shape index (κ3) is 5.36. The summed E-state index contributed by atoms with van der Waals surface area (Å²) >= 11 is 0. The third-order valence-corrected chi connectivity index (χ3v) is 3.89. The molecule has 0 spiro atoms. The zero-order valence-electron chi connectivity index (χ0n) is 12.0. The minimum absolute atomic E-state index is 0.120. The van der Waals surface area contributed by atoms with E-state index in [4.69, 9.17) is 0 Å². The van der Waals surface area contributed by atoms with Crippen LogP contribution < -0.4 is 5.32 Å². The zero-order chi connectivity index (χ0) is 13.5. The summed E-state index contributed by atoms with van der Waals surface area (Å²) in [5.41, 5.74) is 0. The van der Waals surface area contributed by atoms with Gasteiger partial charge >= 0.3 is 0 Å². The molecule has 2 N–H and O–H groups in total. The van der Waals surface area contributed by atoms with Crippen molar-refractivity contribution in [1.82, 2.24) is 10.2 Å².